The van der Waals surface area contributed by atoms with Crippen molar-refractivity contribution in [3.63, 3.8) is 0 Å². The molecule has 0 aromatic heterocycles. The van der Waals surface area contributed by atoms with Crippen molar-refractivity contribution in [3.8, 4) is 6.07 Å². The summed E-state index contributed by atoms with van der Waals surface area (Å²) in [5.74, 6) is -1.01. The molecule has 0 amide bonds. The highest BCUT2D eigenvalue weighted by atomic mass is 35.5. The SMILES string of the molecule is CC1(C)[C@H](/C=C(\Cl)C(F)(F)F)[C@H]1C(O)C#N. The van der Waals surface area contributed by atoms with Gasteiger partial charge >= 0.3 is 6.18 Å². The topological polar surface area (TPSA) is 44.0 Å². The summed E-state index contributed by atoms with van der Waals surface area (Å²) in [6, 6.07) is 1.63. The van der Waals surface area contributed by atoms with E-state index in [1.165, 1.54) is 0 Å². The lowest BCUT2D eigenvalue weighted by Gasteiger charge is -2.04. The standard InChI is InChI=1S/C10H11ClF3NO/c1-9(2)5(8(9)6(16)4-15)3-7(11)10(12,13)14/h3,5-6,8,16H,1-2H3/b7-3-/t5-,6?,8+/m1/s1. The predicted octanol–water partition coefficient (Wildman–Crippen LogP) is 2.83. The fourth-order valence-electron chi connectivity index (χ4n) is 1.97. The molecular weight excluding hydrogens is 243 g/mol. The maximum absolute atomic E-state index is 12.2. The van der Waals surface area contributed by atoms with E-state index in [4.69, 9.17) is 16.9 Å². The van der Waals surface area contributed by atoms with Crippen LogP contribution in [0.3, 0.4) is 0 Å². The molecule has 90 valence electrons. The minimum absolute atomic E-state index is 0.492. The highest BCUT2D eigenvalue weighted by Crippen LogP contribution is 2.61. The van der Waals surface area contributed by atoms with Crippen molar-refractivity contribution in [1.29, 1.82) is 5.26 Å². The van der Waals surface area contributed by atoms with Gasteiger partial charge in [0.2, 0.25) is 0 Å². The number of hydrogen-bond acceptors (Lipinski definition) is 2. The van der Waals surface area contributed by atoms with Crippen LogP contribution in [0.25, 0.3) is 0 Å². The second-order valence-corrected chi connectivity index (χ2v) is 4.87. The zero-order chi connectivity index (χ0) is 12.7. The third-order valence-electron chi connectivity index (χ3n) is 3.07. The second kappa shape index (κ2) is 3.94. The summed E-state index contributed by atoms with van der Waals surface area (Å²) in [4.78, 5) is 0. The molecule has 1 aliphatic rings. The molecule has 0 saturated heterocycles. The number of aliphatic hydroxyl groups is 1. The molecule has 1 fully saturated rings. The quantitative estimate of drug-likeness (QED) is 0.769. The number of nitrogens with zero attached hydrogens (tertiary/aromatic N) is 1. The van der Waals surface area contributed by atoms with Gasteiger partial charge in [0.1, 0.15) is 11.1 Å². The Kier molecular flexibility index (Phi) is 3.28. The van der Waals surface area contributed by atoms with Crippen molar-refractivity contribution < 1.29 is 18.3 Å². The van der Waals surface area contributed by atoms with Gasteiger partial charge in [-0.15, -0.1) is 0 Å². The molecule has 3 atom stereocenters. The molecule has 2 nitrogen and oxygen atoms in total. The van der Waals surface area contributed by atoms with Crippen LogP contribution in [-0.4, -0.2) is 17.4 Å². The smallest absolute Gasteiger partial charge is 0.378 e. The summed E-state index contributed by atoms with van der Waals surface area (Å²) in [5.41, 5.74) is -0.527. The van der Waals surface area contributed by atoms with E-state index in [0.29, 0.717) is 0 Å². The number of halogens is 4. The van der Waals surface area contributed by atoms with Gasteiger partial charge in [-0.3, -0.25) is 0 Å². The summed E-state index contributed by atoms with van der Waals surface area (Å²) in [6.45, 7) is 3.39. The van der Waals surface area contributed by atoms with E-state index >= 15 is 0 Å². The fraction of sp³-hybridized carbons (Fsp3) is 0.700. The van der Waals surface area contributed by atoms with Crippen LogP contribution in [0.15, 0.2) is 11.1 Å². The summed E-state index contributed by atoms with van der Waals surface area (Å²) in [5, 5.41) is 16.6. The first-order valence-electron chi connectivity index (χ1n) is 4.64. The third-order valence-corrected chi connectivity index (χ3v) is 3.41. The zero-order valence-corrected chi connectivity index (χ0v) is 9.47. The van der Waals surface area contributed by atoms with Gasteiger partial charge in [0, 0.05) is 5.92 Å². The maximum atomic E-state index is 12.2. The molecule has 0 radical (unpaired) electrons. The first kappa shape index (κ1) is 13.3. The van der Waals surface area contributed by atoms with Crippen LogP contribution < -0.4 is 0 Å². The molecule has 16 heavy (non-hydrogen) atoms. The van der Waals surface area contributed by atoms with E-state index in [0.717, 1.165) is 6.08 Å². The van der Waals surface area contributed by atoms with Crippen molar-refractivity contribution in [2.45, 2.75) is 26.1 Å². The van der Waals surface area contributed by atoms with E-state index in [1.807, 2.05) is 0 Å². The molecule has 1 saturated carbocycles. The van der Waals surface area contributed by atoms with E-state index in [-0.39, 0.29) is 0 Å². The molecule has 0 aromatic rings. The normalized spacial score (nSPS) is 30.8. The second-order valence-electron chi connectivity index (χ2n) is 4.46. The van der Waals surface area contributed by atoms with Crippen LogP contribution in [0.1, 0.15) is 13.8 Å². The van der Waals surface area contributed by atoms with Crippen LogP contribution in [0.2, 0.25) is 0 Å². The summed E-state index contributed by atoms with van der Waals surface area (Å²) >= 11 is 5.10. The minimum Gasteiger partial charge on any atom is -0.378 e. The van der Waals surface area contributed by atoms with Gasteiger partial charge < -0.3 is 5.11 Å². The van der Waals surface area contributed by atoms with Gasteiger partial charge in [-0.1, -0.05) is 31.5 Å². The Balaban J connectivity index is 2.84. The van der Waals surface area contributed by atoms with Gasteiger partial charge in [-0.25, -0.2) is 0 Å². The van der Waals surface area contributed by atoms with Crippen molar-refractivity contribution in [3.05, 3.63) is 11.1 Å². The van der Waals surface area contributed by atoms with E-state index in [2.05, 4.69) is 0 Å². The van der Waals surface area contributed by atoms with E-state index in [1.54, 1.807) is 19.9 Å². The monoisotopic (exact) mass is 253 g/mol. The van der Waals surface area contributed by atoms with Crippen molar-refractivity contribution >= 4 is 11.6 Å². The maximum Gasteiger partial charge on any atom is 0.426 e. The molecule has 0 heterocycles. The Hall–Kier alpha value is -0.730. The van der Waals surface area contributed by atoms with Gasteiger partial charge in [-0.05, 0) is 11.3 Å². The van der Waals surface area contributed by atoms with Crippen molar-refractivity contribution in [2.75, 3.05) is 0 Å². The average Bonchev–Trinajstić information content (AvgIpc) is 2.65. The summed E-state index contributed by atoms with van der Waals surface area (Å²) < 4.78 is 36.5. The molecular formula is C10H11ClF3NO. The lowest BCUT2D eigenvalue weighted by atomic mass is 10.1. The summed E-state index contributed by atoms with van der Waals surface area (Å²) in [6.07, 6.45) is -4.94. The Morgan fingerprint density at radius 2 is 2.06 bits per heavy atom. The molecule has 0 aliphatic heterocycles. The lowest BCUT2D eigenvalue weighted by molar-refractivity contribution is -0.0848. The first-order chi connectivity index (χ1) is 7.12. The molecule has 1 unspecified atom stereocenters. The Bertz CT molecular complexity index is 356. The third kappa shape index (κ3) is 2.33. The molecule has 1 rings (SSSR count). The molecule has 1 aliphatic carbocycles. The Labute approximate surface area is 96.3 Å². The fourth-order valence-corrected chi connectivity index (χ4v) is 2.11. The van der Waals surface area contributed by atoms with Crippen LogP contribution in [0, 0.1) is 28.6 Å². The van der Waals surface area contributed by atoms with Gasteiger partial charge in [0.05, 0.1) is 6.07 Å². The van der Waals surface area contributed by atoms with Crippen molar-refractivity contribution in [1.82, 2.24) is 0 Å². The number of rotatable bonds is 2. The highest BCUT2D eigenvalue weighted by Gasteiger charge is 2.60. The Morgan fingerprint density at radius 1 is 1.56 bits per heavy atom. The largest absolute Gasteiger partial charge is 0.426 e. The highest BCUT2D eigenvalue weighted by molar-refractivity contribution is 6.30. The molecule has 0 bridgehead atoms. The van der Waals surface area contributed by atoms with E-state index in [9.17, 15) is 18.3 Å². The predicted molar refractivity (Wildman–Crippen MR) is 52.4 cm³/mol. The Morgan fingerprint density at radius 3 is 2.44 bits per heavy atom. The number of allylic oxidation sites excluding steroid dienone is 2. The van der Waals surface area contributed by atoms with Crippen molar-refractivity contribution in [2.24, 2.45) is 17.3 Å². The number of aliphatic hydroxyl groups excluding tert-OH is 1. The lowest BCUT2D eigenvalue weighted by Crippen LogP contribution is -2.10. The molecule has 0 aromatic carbocycles. The number of alkyl halides is 3. The molecule has 1 N–H and O–H groups in total. The first-order valence-corrected chi connectivity index (χ1v) is 5.02. The van der Waals surface area contributed by atoms with Gasteiger partial charge in [0.15, 0.2) is 0 Å². The average molecular weight is 254 g/mol. The van der Waals surface area contributed by atoms with Crippen LogP contribution in [0.4, 0.5) is 13.2 Å². The number of hydrogen-bond donors (Lipinski definition) is 1. The van der Waals surface area contributed by atoms with Gasteiger partial charge in [-0.2, -0.15) is 18.4 Å². The van der Waals surface area contributed by atoms with Crippen LogP contribution in [-0.2, 0) is 0 Å². The summed E-state index contributed by atoms with van der Waals surface area (Å²) in [7, 11) is 0. The minimum atomic E-state index is -4.57. The van der Waals surface area contributed by atoms with Crippen LogP contribution >= 0.6 is 11.6 Å². The number of nitriles is 1. The molecule has 6 heteroatoms. The zero-order valence-electron chi connectivity index (χ0n) is 8.72. The van der Waals surface area contributed by atoms with E-state index < -0.39 is 34.6 Å². The molecule has 0 spiro atoms. The van der Waals surface area contributed by atoms with Gasteiger partial charge in [0.25, 0.3) is 0 Å². The van der Waals surface area contributed by atoms with Crippen LogP contribution in [0.5, 0.6) is 0 Å².